The minimum Gasteiger partial charge on any atom is -0.497 e. The Balaban J connectivity index is 1.47. The van der Waals surface area contributed by atoms with Gasteiger partial charge in [-0.15, -0.1) is 0 Å². The standard InChI is InChI=1S/C18H25N3O3/c1-23-15-9-4-7-14(12-15)17-20-18(24-21-17)19-11-5-8-13-6-2-3-10-16(13)22/h4,7,9,12-13,16,22H,2-3,5-6,8,10-11H2,1H3,(H,19,20,21). The molecule has 1 aromatic heterocycles. The van der Waals surface area contributed by atoms with E-state index < -0.39 is 0 Å². The zero-order valence-corrected chi connectivity index (χ0v) is 14.1. The maximum Gasteiger partial charge on any atom is 0.321 e. The van der Waals surface area contributed by atoms with E-state index in [0.29, 0.717) is 17.8 Å². The highest BCUT2D eigenvalue weighted by Gasteiger charge is 2.22. The molecule has 0 radical (unpaired) electrons. The number of anilines is 1. The molecule has 0 aliphatic heterocycles. The first-order chi connectivity index (χ1) is 11.8. The molecule has 0 spiro atoms. The van der Waals surface area contributed by atoms with Gasteiger partial charge in [0.25, 0.3) is 0 Å². The quantitative estimate of drug-likeness (QED) is 0.756. The molecule has 6 heteroatoms. The average molecular weight is 331 g/mol. The molecule has 1 saturated carbocycles. The Hall–Kier alpha value is -2.08. The number of nitrogens with zero attached hydrogens (tertiary/aromatic N) is 2. The first-order valence-electron chi connectivity index (χ1n) is 8.66. The molecule has 0 bridgehead atoms. The molecule has 6 nitrogen and oxygen atoms in total. The van der Waals surface area contributed by atoms with Crippen LogP contribution in [0.1, 0.15) is 38.5 Å². The zero-order chi connectivity index (χ0) is 16.8. The van der Waals surface area contributed by atoms with Crippen molar-refractivity contribution < 1.29 is 14.4 Å². The van der Waals surface area contributed by atoms with E-state index in [2.05, 4.69) is 15.5 Å². The third-order valence-electron chi connectivity index (χ3n) is 4.65. The summed E-state index contributed by atoms with van der Waals surface area (Å²) in [5, 5.41) is 17.1. The van der Waals surface area contributed by atoms with Crippen molar-refractivity contribution in [2.24, 2.45) is 5.92 Å². The molecule has 2 unspecified atom stereocenters. The monoisotopic (exact) mass is 331 g/mol. The maximum atomic E-state index is 9.99. The molecule has 2 atom stereocenters. The van der Waals surface area contributed by atoms with Crippen LogP contribution < -0.4 is 10.1 Å². The fourth-order valence-electron chi connectivity index (χ4n) is 3.26. The van der Waals surface area contributed by atoms with Gasteiger partial charge in [0.05, 0.1) is 13.2 Å². The van der Waals surface area contributed by atoms with Gasteiger partial charge in [0, 0.05) is 12.1 Å². The summed E-state index contributed by atoms with van der Waals surface area (Å²) in [6, 6.07) is 7.99. The van der Waals surface area contributed by atoms with Crippen LogP contribution in [0.5, 0.6) is 5.75 Å². The minimum atomic E-state index is -0.123. The van der Waals surface area contributed by atoms with Gasteiger partial charge >= 0.3 is 6.01 Å². The summed E-state index contributed by atoms with van der Waals surface area (Å²) >= 11 is 0. The largest absolute Gasteiger partial charge is 0.497 e. The molecule has 130 valence electrons. The molecule has 1 heterocycles. The first-order valence-corrected chi connectivity index (χ1v) is 8.66. The minimum absolute atomic E-state index is 0.123. The highest BCUT2D eigenvalue weighted by atomic mass is 16.5. The molecule has 1 aliphatic rings. The normalized spacial score (nSPS) is 20.8. The van der Waals surface area contributed by atoms with Gasteiger partial charge in [0.2, 0.25) is 5.82 Å². The van der Waals surface area contributed by atoms with Crippen LogP contribution in [0.15, 0.2) is 28.8 Å². The number of aromatic nitrogens is 2. The number of aliphatic hydroxyl groups is 1. The zero-order valence-electron chi connectivity index (χ0n) is 14.1. The topological polar surface area (TPSA) is 80.4 Å². The molecule has 0 saturated heterocycles. The molecular formula is C18H25N3O3. The predicted molar refractivity (Wildman–Crippen MR) is 92.0 cm³/mol. The summed E-state index contributed by atoms with van der Waals surface area (Å²) in [6.07, 6.45) is 6.38. The Bertz CT molecular complexity index is 644. The summed E-state index contributed by atoms with van der Waals surface area (Å²) < 4.78 is 10.4. The second kappa shape index (κ2) is 8.15. The van der Waals surface area contributed by atoms with E-state index in [-0.39, 0.29) is 6.10 Å². The maximum absolute atomic E-state index is 9.99. The van der Waals surface area contributed by atoms with Crippen molar-refractivity contribution in [2.75, 3.05) is 19.0 Å². The van der Waals surface area contributed by atoms with Gasteiger partial charge in [-0.2, -0.15) is 4.98 Å². The predicted octanol–water partition coefficient (Wildman–Crippen LogP) is 3.49. The second-order valence-corrected chi connectivity index (χ2v) is 6.34. The van der Waals surface area contributed by atoms with E-state index in [1.54, 1.807) is 7.11 Å². The molecule has 0 amide bonds. The number of methoxy groups -OCH3 is 1. The summed E-state index contributed by atoms with van der Waals surface area (Å²) in [6.45, 7) is 0.767. The molecule has 24 heavy (non-hydrogen) atoms. The number of hydrogen-bond acceptors (Lipinski definition) is 6. The summed E-state index contributed by atoms with van der Waals surface area (Å²) in [4.78, 5) is 4.36. The fraction of sp³-hybridized carbons (Fsp3) is 0.556. The lowest BCUT2D eigenvalue weighted by atomic mass is 9.83. The van der Waals surface area contributed by atoms with Gasteiger partial charge in [-0.25, -0.2) is 0 Å². The number of benzene rings is 1. The van der Waals surface area contributed by atoms with Crippen LogP contribution in [0.2, 0.25) is 0 Å². The van der Waals surface area contributed by atoms with E-state index in [1.807, 2.05) is 24.3 Å². The fourth-order valence-corrected chi connectivity index (χ4v) is 3.26. The Morgan fingerprint density at radius 2 is 2.21 bits per heavy atom. The smallest absolute Gasteiger partial charge is 0.321 e. The van der Waals surface area contributed by atoms with Crippen LogP contribution in [-0.2, 0) is 0 Å². The van der Waals surface area contributed by atoms with Gasteiger partial charge in [0.1, 0.15) is 5.75 Å². The van der Waals surface area contributed by atoms with Gasteiger partial charge in [0.15, 0.2) is 0 Å². The number of ether oxygens (including phenoxy) is 1. The van der Waals surface area contributed by atoms with Gasteiger partial charge in [-0.05, 0) is 43.7 Å². The van der Waals surface area contributed by atoms with Crippen LogP contribution in [0, 0.1) is 5.92 Å². The Morgan fingerprint density at radius 3 is 3.04 bits per heavy atom. The average Bonchev–Trinajstić information content (AvgIpc) is 3.09. The molecule has 2 N–H and O–H groups in total. The highest BCUT2D eigenvalue weighted by molar-refractivity contribution is 5.57. The van der Waals surface area contributed by atoms with Crippen LogP contribution in [0.25, 0.3) is 11.4 Å². The Morgan fingerprint density at radius 1 is 1.33 bits per heavy atom. The van der Waals surface area contributed by atoms with E-state index in [9.17, 15) is 5.11 Å². The number of aliphatic hydroxyl groups excluding tert-OH is 1. The second-order valence-electron chi connectivity index (χ2n) is 6.34. The third-order valence-corrected chi connectivity index (χ3v) is 4.65. The summed E-state index contributed by atoms with van der Waals surface area (Å²) in [5.74, 6) is 1.74. The van der Waals surface area contributed by atoms with Crippen LogP contribution in [0.4, 0.5) is 6.01 Å². The molecule has 1 aliphatic carbocycles. The molecule has 1 fully saturated rings. The van der Waals surface area contributed by atoms with Gasteiger partial charge < -0.3 is 19.7 Å². The summed E-state index contributed by atoms with van der Waals surface area (Å²) in [7, 11) is 1.63. The van der Waals surface area contributed by atoms with Crippen LogP contribution >= 0.6 is 0 Å². The Labute approximate surface area is 142 Å². The summed E-state index contributed by atoms with van der Waals surface area (Å²) in [5.41, 5.74) is 0.858. The van der Waals surface area contributed by atoms with E-state index in [4.69, 9.17) is 9.26 Å². The van der Waals surface area contributed by atoms with E-state index in [0.717, 1.165) is 50.0 Å². The number of nitrogens with one attached hydrogen (secondary N) is 1. The van der Waals surface area contributed by atoms with Gasteiger partial charge in [-0.1, -0.05) is 30.1 Å². The van der Waals surface area contributed by atoms with Crippen molar-refractivity contribution in [1.82, 2.24) is 10.1 Å². The van der Waals surface area contributed by atoms with Crippen molar-refractivity contribution in [3.63, 3.8) is 0 Å². The van der Waals surface area contributed by atoms with Gasteiger partial charge in [-0.3, -0.25) is 0 Å². The lowest BCUT2D eigenvalue weighted by Gasteiger charge is -2.27. The van der Waals surface area contributed by atoms with Crippen LogP contribution in [0.3, 0.4) is 0 Å². The van der Waals surface area contributed by atoms with Crippen molar-refractivity contribution >= 4 is 6.01 Å². The molecule has 2 aromatic rings. The molecule has 1 aromatic carbocycles. The number of rotatable bonds is 7. The van der Waals surface area contributed by atoms with E-state index >= 15 is 0 Å². The highest BCUT2D eigenvalue weighted by Crippen LogP contribution is 2.28. The lowest BCUT2D eigenvalue weighted by Crippen LogP contribution is -2.24. The molecular weight excluding hydrogens is 306 g/mol. The van der Waals surface area contributed by atoms with Crippen molar-refractivity contribution in [2.45, 2.75) is 44.6 Å². The Kier molecular flexibility index (Phi) is 5.69. The van der Waals surface area contributed by atoms with E-state index in [1.165, 1.54) is 6.42 Å². The third kappa shape index (κ3) is 4.26. The lowest BCUT2D eigenvalue weighted by molar-refractivity contribution is 0.0647. The van der Waals surface area contributed by atoms with Crippen molar-refractivity contribution in [1.29, 1.82) is 0 Å². The molecule has 3 rings (SSSR count). The van der Waals surface area contributed by atoms with Crippen molar-refractivity contribution in [3.05, 3.63) is 24.3 Å². The first kappa shape index (κ1) is 16.8. The SMILES string of the molecule is COc1cccc(-c2noc(NCCCC3CCCCC3O)n2)c1. The van der Waals surface area contributed by atoms with Crippen LogP contribution in [-0.4, -0.2) is 35.0 Å². The van der Waals surface area contributed by atoms with Crippen molar-refractivity contribution in [3.8, 4) is 17.1 Å². The number of hydrogen-bond donors (Lipinski definition) is 2.